The van der Waals surface area contributed by atoms with Crippen LogP contribution in [0.2, 0.25) is 0 Å². The van der Waals surface area contributed by atoms with Crippen molar-refractivity contribution in [1.29, 1.82) is 5.26 Å². The normalized spacial score (nSPS) is 10.0. The quantitative estimate of drug-likeness (QED) is 0.871. The Morgan fingerprint density at radius 1 is 1.44 bits per heavy atom. The van der Waals surface area contributed by atoms with Gasteiger partial charge in [-0.1, -0.05) is 13.0 Å². The van der Waals surface area contributed by atoms with Gasteiger partial charge >= 0.3 is 0 Å². The zero-order valence-corrected chi connectivity index (χ0v) is 10.3. The number of rotatable bonds is 5. The molecular formula is C13H15N5. The molecular weight excluding hydrogens is 226 g/mol. The molecule has 0 saturated carbocycles. The maximum Gasteiger partial charge on any atom is 0.146 e. The van der Waals surface area contributed by atoms with Gasteiger partial charge in [0.05, 0.1) is 18.2 Å². The van der Waals surface area contributed by atoms with E-state index in [1.807, 2.05) is 22.9 Å². The van der Waals surface area contributed by atoms with Gasteiger partial charge in [-0.2, -0.15) is 10.4 Å². The summed E-state index contributed by atoms with van der Waals surface area (Å²) in [5.74, 6) is 0.902. The second-order valence-electron chi connectivity index (χ2n) is 3.95. The number of hydrogen-bond donors (Lipinski definition) is 1. The molecule has 0 fully saturated rings. The third-order valence-electron chi connectivity index (χ3n) is 2.57. The first-order valence-electron chi connectivity index (χ1n) is 5.94. The van der Waals surface area contributed by atoms with Crippen molar-refractivity contribution in [2.45, 2.75) is 26.4 Å². The van der Waals surface area contributed by atoms with Crippen molar-refractivity contribution in [2.75, 3.05) is 5.32 Å². The molecule has 5 heteroatoms. The highest BCUT2D eigenvalue weighted by Crippen LogP contribution is 2.10. The maximum absolute atomic E-state index is 8.82. The summed E-state index contributed by atoms with van der Waals surface area (Å²) in [7, 11) is 0. The van der Waals surface area contributed by atoms with Gasteiger partial charge in [0.2, 0.25) is 0 Å². The minimum atomic E-state index is 0.606. The largest absolute Gasteiger partial charge is 0.378 e. The number of hydrogen-bond acceptors (Lipinski definition) is 4. The molecule has 2 aromatic rings. The van der Waals surface area contributed by atoms with E-state index in [9.17, 15) is 0 Å². The van der Waals surface area contributed by atoms with Crippen molar-refractivity contribution in [3.63, 3.8) is 0 Å². The summed E-state index contributed by atoms with van der Waals surface area (Å²) in [5, 5.41) is 16.2. The van der Waals surface area contributed by atoms with Gasteiger partial charge in [-0.05, 0) is 24.6 Å². The van der Waals surface area contributed by atoms with E-state index in [2.05, 4.69) is 28.4 Å². The summed E-state index contributed by atoms with van der Waals surface area (Å²) in [6.45, 7) is 3.58. The number of nitrogens with one attached hydrogen (secondary N) is 1. The minimum Gasteiger partial charge on any atom is -0.378 e. The van der Waals surface area contributed by atoms with Crippen LogP contribution >= 0.6 is 0 Å². The summed E-state index contributed by atoms with van der Waals surface area (Å²) in [6.07, 6.45) is 2.60. The summed E-state index contributed by atoms with van der Waals surface area (Å²) >= 11 is 0. The summed E-state index contributed by atoms with van der Waals surface area (Å²) < 4.78 is 1.89. The number of nitriles is 1. The number of nitrogens with zero attached hydrogens (tertiary/aromatic N) is 4. The molecule has 0 aliphatic rings. The Morgan fingerprint density at radius 2 is 2.33 bits per heavy atom. The van der Waals surface area contributed by atoms with E-state index in [0.717, 1.165) is 24.5 Å². The zero-order valence-electron chi connectivity index (χ0n) is 10.3. The smallest absolute Gasteiger partial charge is 0.146 e. The van der Waals surface area contributed by atoms with Gasteiger partial charge in [-0.3, -0.25) is 0 Å². The molecule has 0 aliphatic carbocycles. The predicted molar refractivity (Wildman–Crippen MR) is 68.8 cm³/mol. The lowest BCUT2D eigenvalue weighted by atomic mass is 10.2. The lowest BCUT2D eigenvalue weighted by Crippen LogP contribution is -2.10. The Kier molecular flexibility index (Phi) is 3.92. The monoisotopic (exact) mass is 241 g/mol. The average Bonchev–Trinajstić information content (AvgIpc) is 2.85. The topological polar surface area (TPSA) is 66.5 Å². The van der Waals surface area contributed by atoms with E-state index in [1.54, 1.807) is 12.4 Å². The van der Waals surface area contributed by atoms with Crippen molar-refractivity contribution in [2.24, 2.45) is 0 Å². The number of benzene rings is 1. The van der Waals surface area contributed by atoms with Gasteiger partial charge in [0.25, 0.3) is 0 Å². The maximum atomic E-state index is 8.82. The number of aryl methyl sites for hydroxylation is 1. The van der Waals surface area contributed by atoms with Crippen molar-refractivity contribution in [3.8, 4) is 6.07 Å². The molecule has 0 amide bonds. The molecule has 18 heavy (non-hydrogen) atoms. The summed E-state index contributed by atoms with van der Waals surface area (Å²) in [5.41, 5.74) is 1.56. The van der Waals surface area contributed by atoms with Crippen LogP contribution in [0.5, 0.6) is 0 Å². The summed E-state index contributed by atoms with van der Waals surface area (Å²) in [4.78, 5) is 4.22. The first-order valence-corrected chi connectivity index (χ1v) is 5.94. The van der Waals surface area contributed by atoms with Gasteiger partial charge in [-0.25, -0.2) is 9.67 Å². The van der Waals surface area contributed by atoms with Crippen LogP contribution in [-0.4, -0.2) is 14.8 Å². The lowest BCUT2D eigenvalue weighted by Gasteiger charge is -2.07. The molecule has 0 saturated heterocycles. The number of aromatic nitrogens is 3. The van der Waals surface area contributed by atoms with Gasteiger partial charge < -0.3 is 5.32 Å². The van der Waals surface area contributed by atoms with Gasteiger partial charge in [0, 0.05) is 12.2 Å². The molecule has 0 atom stereocenters. The molecule has 2 rings (SSSR count). The van der Waals surface area contributed by atoms with Crippen molar-refractivity contribution < 1.29 is 0 Å². The molecule has 1 aromatic heterocycles. The Hall–Kier alpha value is -2.35. The van der Waals surface area contributed by atoms with E-state index < -0.39 is 0 Å². The molecule has 0 radical (unpaired) electrons. The third kappa shape index (κ3) is 2.86. The molecule has 1 heterocycles. The average molecular weight is 241 g/mol. The lowest BCUT2D eigenvalue weighted by molar-refractivity contribution is 0.574. The fourth-order valence-electron chi connectivity index (χ4n) is 1.70. The highest BCUT2D eigenvalue weighted by molar-refractivity contribution is 5.49. The van der Waals surface area contributed by atoms with Crippen LogP contribution in [0, 0.1) is 11.3 Å². The Labute approximate surface area is 106 Å². The number of anilines is 1. The second kappa shape index (κ2) is 5.82. The van der Waals surface area contributed by atoms with Crippen LogP contribution in [-0.2, 0) is 13.1 Å². The van der Waals surface area contributed by atoms with Crippen LogP contribution in [0.4, 0.5) is 5.69 Å². The van der Waals surface area contributed by atoms with Gasteiger partial charge in [-0.15, -0.1) is 0 Å². The van der Waals surface area contributed by atoms with E-state index >= 15 is 0 Å². The first kappa shape index (κ1) is 12.1. The highest BCUT2D eigenvalue weighted by atomic mass is 15.3. The van der Waals surface area contributed by atoms with Crippen molar-refractivity contribution in [3.05, 3.63) is 42.0 Å². The molecule has 0 bridgehead atoms. The van der Waals surface area contributed by atoms with Gasteiger partial charge in [0.1, 0.15) is 12.2 Å². The summed E-state index contributed by atoms with van der Waals surface area (Å²) in [6, 6.07) is 9.51. The molecule has 0 aliphatic heterocycles. The molecule has 1 aromatic carbocycles. The van der Waals surface area contributed by atoms with E-state index in [-0.39, 0.29) is 0 Å². The van der Waals surface area contributed by atoms with E-state index in [0.29, 0.717) is 12.1 Å². The SMILES string of the molecule is CCCn1ncnc1CNc1cccc(C#N)c1. The second-order valence-corrected chi connectivity index (χ2v) is 3.95. The standard InChI is InChI=1S/C13H15N5/c1-2-6-18-13(16-10-17-18)9-15-12-5-3-4-11(7-12)8-14/h3-5,7,10,15H,2,6,9H2,1H3. The van der Waals surface area contributed by atoms with Crippen LogP contribution in [0.3, 0.4) is 0 Å². The predicted octanol–water partition coefficient (Wildman–Crippen LogP) is 2.17. The first-order chi connectivity index (χ1) is 8.83. The van der Waals surface area contributed by atoms with E-state index in [4.69, 9.17) is 5.26 Å². The molecule has 92 valence electrons. The van der Waals surface area contributed by atoms with Crippen LogP contribution in [0.25, 0.3) is 0 Å². The Bertz CT molecular complexity index is 553. The molecule has 1 N–H and O–H groups in total. The molecule has 0 spiro atoms. The third-order valence-corrected chi connectivity index (χ3v) is 2.57. The van der Waals surface area contributed by atoms with Crippen LogP contribution in [0.15, 0.2) is 30.6 Å². The van der Waals surface area contributed by atoms with Crippen molar-refractivity contribution >= 4 is 5.69 Å². The zero-order chi connectivity index (χ0) is 12.8. The van der Waals surface area contributed by atoms with Crippen molar-refractivity contribution in [1.82, 2.24) is 14.8 Å². The van der Waals surface area contributed by atoms with Crippen LogP contribution < -0.4 is 5.32 Å². The van der Waals surface area contributed by atoms with Crippen LogP contribution in [0.1, 0.15) is 24.7 Å². The molecule has 5 nitrogen and oxygen atoms in total. The fourth-order valence-corrected chi connectivity index (χ4v) is 1.70. The van der Waals surface area contributed by atoms with Gasteiger partial charge in [0.15, 0.2) is 0 Å². The fraction of sp³-hybridized carbons (Fsp3) is 0.308. The molecule has 0 unspecified atom stereocenters. The Morgan fingerprint density at radius 3 is 3.11 bits per heavy atom. The minimum absolute atomic E-state index is 0.606. The highest BCUT2D eigenvalue weighted by Gasteiger charge is 2.03. The Balaban J connectivity index is 2.02. The van der Waals surface area contributed by atoms with E-state index in [1.165, 1.54) is 0 Å².